The first kappa shape index (κ1) is 16.5. The summed E-state index contributed by atoms with van der Waals surface area (Å²) in [5, 5.41) is 4.94. The number of nitrogens with one attached hydrogen (secondary N) is 1. The molecule has 21 heavy (non-hydrogen) atoms. The first-order valence-corrected chi connectivity index (χ1v) is 9.69. The second-order valence-electron chi connectivity index (χ2n) is 4.71. The highest BCUT2D eigenvalue weighted by molar-refractivity contribution is 7.92. The van der Waals surface area contributed by atoms with Crippen molar-refractivity contribution in [2.75, 3.05) is 17.1 Å². The summed E-state index contributed by atoms with van der Waals surface area (Å²) in [5.74, 6) is -0.180. The molecule has 1 saturated heterocycles. The minimum atomic E-state index is -4.03. The van der Waals surface area contributed by atoms with Gasteiger partial charge in [-0.25, -0.2) is 22.0 Å². The van der Waals surface area contributed by atoms with E-state index in [1.807, 2.05) is 0 Å². The lowest BCUT2D eigenvalue weighted by molar-refractivity contribution is 0.127. The third kappa shape index (κ3) is 4.55. The predicted octanol–water partition coefficient (Wildman–Crippen LogP) is 0.908. The SMILES string of the molecule is NS(=O)(=O)c1cc(NS(=O)(=O)CC2CCCO2)ccc1Cl. The number of anilines is 1. The number of nitrogens with two attached hydrogens (primary N) is 1. The van der Waals surface area contributed by atoms with Crippen molar-refractivity contribution in [1.29, 1.82) is 0 Å². The Morgan fingerprint density at radius 3 is 2.62 bits per heavy atom. The minimum Gasteiger partial charge on any atom is -0.377 e. The molecule has 0 bridgehead atoms. The van der Waals surface area contributed by atoms with Crippen molar-refractivity contribution in [2.24, 2.45) is 5.14 Å². The van der Waals surface area contributed by atoms with E-state index in [4.69, 9.17) is 21.5 Å². The summed E-state index contributed by atoms with van der Waals surface area (Å²) in [5.41, 5.74) is 0.0846. The highest BCUT2D eigenvalue weighted by Crippen LogP contribution is 2.25. The van der Waals surface area contributed by atoms with Gasteiger partial charge in [-0.15, -0.1) is 0 Å². The molecule has 3 N–H and O–H groups in total. The van der Waals surface area contributed by atoms with Gasteiger partial charge in [0.25, 0.3) is 0 Å². The molecule has 0 amide bonds. The summed E-state index contributed by atoms with van der Waals surface area (Å²) in [4.78, 5) is -0.332. The Bertz CT molecular complexity index is 727. The Kier molecular flexibility index (Phi) is 4.79. The van der Waals surface area contributed by atoms with Crippen LogP contribution in [0, 0.1) is 0 Å². The number of ether oxygens (including phenoxy) is 1. The second-order valence-corrected chi connectivity index (χ2v) is 8.41. The lowest BCUT2D eigenvalue weighted by Gasteiger charge is -2.13. The van der Waals surface area contributed by atoms with Crippen LogP contribution < -0.4 is 9.86 Å². The van der Waals surface area contributed by atoms with Crippen LogP contribution in [0.1, 0.15) is 12.8 Å². The van der Waals surface area contributed by atoms with Crippen molar-refractivity contribution in [3.63, 3.8) is 0 Å². The third-order valence-corrected chi connectivity index (χ3v) is 5.69. The van der Waals surface area contributed by atoms with Crippen LogP contribution in [-0.4, -0.2) is 35.3 Å². The number of rotatable bonds is 5. The van der Waals surface area contributed by atoms with Crippen LogP contribution in [0.2, 0.25) is 5.02 Å². The van der Waals surface area contributed by atoms with Gasteiger partial charge < -0.3 is 4.74 Å². The zero-order valence-corrected chi connectivity index (χ0v) is 13.3. The molecule has 0 spiro atoms. The van der Waals surface area contributed by atoms with E-state index in [2.05, 4.69) is 4.72 Å². The zero-order chi connectivity index (χ0) is 15.7. The van der Waals surface area contributed by atoms with E-state index in [1.165, 1.54) is 12.1 Å². The standard InChI is InChI=1S/C11H15ClN2O5S2/c12-10-4-3-8(6-11(10)21(13,17)18)14-20(15,16)7-9-2-1-5-19-9/h3-4,6,9,14H,1-2,5,7H2,(H2,13,17,18). The third-order valence-electron chi connectivity index (χ3n) is 2.94. The summed E-state index contributed by atoms with van der Waals surface area (Å²) in [6, 6.07) is 3.72. The minimum absolute atomic E-state index is 0.0698. The normalized spacial score (nSPS) is 19.6. The average Bonchev–Trinajstić information content (AvgIpc) is 2.81. The van der Waals surface area contributed by atoms with Crippen molar-refractivity contribution in [1.82, 2.24) is 0 Å². The molecule has 0 aromatic heterocycles. The molecule has 0 radical (unpaired) electrons. The summed E-state index contributed by atoms with van der Waals surface area (Å²) in [7, 11) is -7.67. The molecular formula is C11H15ClN2O5S2. The maximum atomic E-state index is 12.0. The smallest absolute Gasteiger partial charge is 0.239 e. The molecule has 1 aromatic carbocycles. The summed E-state index contributed by atoms with van der Waals surface area (Å²) in [6.07, 6.45) is 1.17. The Morgan fingerprint density at radius 2 is 2.05 bits per heavy atom. The molecule has 1 atom stereocenters. The van der Waals surface area contributed by atoms with Crippen LogP contribution >= 0.6 is 11.6 Å². The molecule has 1 aliphatic rings. The highest BCUT2D eigenvalue weighted by atomic mass is 35.5. The van der Waals surface area contributed by atoms with Crippen LogP contribution in [0.5, 0.6) is 0 Å². The molecule has 7 nitrogen and oxygen atoms in total. The fraction of sp³-hybridized carbons (Fsp3) is 0.455. The van der Waals surface area contributed by atoms with Crippen LogP contribution in [0.3, 0.4) is 0 Å². The van der Waals surface area contributed by atoms with Gasteiger partial charge in [0, 0.05) is 12.3 Å². The van der Waals surface area contributed by atoms with Gasteiger partial charge in [-0.05, 0) is 31.0 Å². The molecule has 1 unspecified atom stereocenters. The van der Waals surface area contributed by atoms with Crippen LogP contribution in [0.4, 0.5) is 5.69 Å². The van der Waals surface area contributed by atoms with Crippen molar-refractivity contribution in [3.05, 3.63) is 23.2 Å². The highest BCUT2D eigenvalue weighted by Gasteiger charge is 2.24. The van der Waals surface area contributed by atoms with Crippen LogP contribution in [0.25, 0.3) is 0 Å². The molecule has 0 saturated carbocycles. The van der Waals surface area contributed by atoms with E-state index in [1.54, 1.807) is 0 Å². The molecule has 1 heterocycles. The summed E-state index contributed by atoms with van der Waals surface area (Å²) < 4.78 is 54.3. The largest absolute Gasteiger partial charge is 0.377 e. The molecule has 2 rings (SSSR count). The van der Waals surface area contributed by atoms with Crippen molar-refractivity contribution >= 4 is 37.3 Å². The topological polar surface area (TPSA) is 116 Å². The van der Waals surface area contributed by atoms with Crippen LogP contribution in [-0.2, 0) is 24.8 Å². The lowest BCUT2D eigenvalue weighted by atomic mass is 10.3. The quantitative estimate of drug-likeness (QED) is 0.815. The van der Waals surface area contributed by atoms with Gasteiger partial charge in [0.2, 0.25) is 20.0 Å². The first-order chi connectivity index (χ1) is 9.67. The van der Waals surface area contributed by atoms with Crippen LogP contribution in [0.15, 0.2) is 23.1 Å². The maximum absolute atomic E-state index is 12.0. The van der Waals surface area contributed by atoms with Gasteiger partial charge in [0.05, 0.1) is 16.9 Å². The van der Waals surface area contributed by atoms with Gasteiger partial charge >= 0.3 is 0 Å². The van der Waals surface area contributed by atoms with Gasteiger partial charge in [0.15, 0.2) is 0 Å². The molecule has 10 heteroatoms. The molecular weight excluding hydrogens is 340 g/mol. The Morgan fingerprint density at radius 1 is 1.33 bits per heavy atom. The van der Waals surface area contributed by atoms with E-state index in [0.29, 0.717) is 13.0 Å². The van der Waals surface area contributed by atoms with Gasteiger partial charge in [-0.3, -0.25) is 4.72 Å². The molecule has 1 aliphatic heterocycles. The average molecular weight is 355 g/mol. The Labute approximate surface area is 128 Å². The number of benzene rings is 1. The molecule has 1 aromatic rings. The number of hydrogen-bond donors (Lipinski definition) is 2. The van der Waals surface area contributed by atoms with E-state index in [-0.39, 0.29) is 27.5 Å². The van der Waals surface area contributed by atoms with E-state index in [0.717, 1.165) is 12.5 Å². The second kappa shape index (κ2) is 6.09. The van der Waals surface area contributed by atoms with Crippen molar-refractivity contribution in [2.45, 2.75) is 23.8 Å². The fourth-order valence-corrected chi connectivity index (χ4v) is 4.42. The number of sulfonamides is 2. The molecule has 118 valence electrons. The van der Waals surface area contributed by atoms with Gasteiger partial charge in [-0.1, -0.05) is 11.6 Å². The fourth-order valence-electron chi connectivity index (χ4n) is 2.03. The zero-order valence-electron chi connectivity index (χ0n) is 11.0. The van der Waals surface area contributed by atoms with E-state index < -0.39 is 20.0 Å². The summed E-state index contributed by atoms with van der Waals surface area (Å²) >= 11 is 5.73. The summed E-state index contributed by atoms with van der Waals surface area (Å²) in [6.45, 7) is 0.552. The predicted molar refractivity (Wildman–Crippen MR) is 79.2 cm³/mol. The number of primary sulfonamides is 1. The van der Waals surface area contributed by atoms with E-state index in [9.17, 15) is 16.8 Å². The van der Waals surface area contributed by atoms with Gasteiger partial charge in [0.1, 0.15) is 4.90 Å². The number of hydrogen-bond acceptors (Lipinski definition) is 5. The monoisotopic (exact) mass is 354 g/mol. The van der Waals surface area contributed by atoms with Crippen molar-refractivity contribution in [3.8, 4) is 0 Å². The molecule has 1 fully saturated rings. The Hall–Kier alpha value is -0.870. The lowest BCUT2D eigenvalue weighted by Crippen LogP contribution is -2.25. The van der Waals surface area contributed by atoms with Crippen molar-refractivity contribution < 1.29 is 21.6 Å². The first-order valence-electron chi connectivity index (χ1n) is 6.12. The Balaban J connectivity index is 2.19. The molecule has 0 aliphatic carbocycles. The number of halogens is 1. The maximum Gasteiger partial charge on any atom is 0.239 e. The van der Waals surface area contributed by atoms with E-state index >= 15 is 0 Å². The van der Waals surface area contributed by atoms with Gasteiger partial charge in [-0.2, -0.15) is 0 Å².